The minimum Gasteiger partial charge on any atom is -0.264 e. The van der Waals surface area contributed by atoms with Crippen LogP contribution in [0.2, 0.25) is 0 Å². The summed E-state index contributed by atoms with van der Waals surface area (Å²) >= 11 is 0. The Labute approximate surface area is 251 Å². The maximum Gasteiger partial charge on any atom is 0.0347 e. The van der Waals surface area contributed by atoms with Gasteiger partial charge < -0.3 is 0 Å². The van der Waals surface area contributed by atoms with Crippen molar-refractivity contribution in [3.8, 4) is 44.5 Å². The van der Waals surface area contributed by atoms with Gasteiger partial charge in [0.1, 0.15) is 0 Å². The van der Waals surface area contributed by atoms with E-state index in [-0.39, 0.29) is 0 Å². The highest BCUT2D eigenvalue weighted by atomic mass is 14.6. The number of pyridine rings is 2. The van der Waals surface area contributed by atoms with Gasteiger partial charge in [-0.2, -0.15) is 0 Å². The summed E-state index contributed by atoms with van der Waals surface area (Å²) in [6.45, 7) is 2.14. The molecule has 0 bridgehead atoms. The molecule has 0 aliphatic carbocycles. The Morgan fingerprint density at radius 1 is 0.372 bits per heavy atom. The number of nitrogens with zero attached hydrogens (tertiary/aromatic N) is 2. The van der Waals surface area contributed by atoms with E-state index in [1.807, 2.05) is 24.7 Å². The van der Waals surface area contributed by atoms with Gasteiger partial charge in [-0.05, 0) is 91.3 Å². The average molecular weight is 549 g/mol. The second-order valence-electron chi connectivity index (χ2n) is 11.2. The van der Waals surface area contributed by atoms with Crippen molar-refractivity contribution in [3.05, 3.63) is 158 Å². The van der Waals surface area contributed by atoms with E-state index in [1.165, 1.54) is 60.1 Å². The van der Waals surface area contributed by atoms with Crippen molar-refractivity contribution in [1.29, 1.82) is 0 Å². The number of benzene rings is 6. The molecule has 6 aromatic carbocycles. The molecule has 0 saturated carbocycles. The first-order chi connectivity index (χ1) is 21.2. The summed E-state index contributed by atoms with van der Waals surface area (Å²) in [5, 5.41) is 7.49. The normalized spacial score (nSPS) is 11.4. The van der Waals surface area contributed by atoms with Gasteiger partial charge >= 0.3 is 0 Å². The van der Waals surface area contributed by atoms with Crippen molar-refractivity contribution in [3.63, 3.8) is 0 Å². The number of fused-ring (bicyclic) bond motifs is 3. The van der Waals surface area contributed by atoms with Crippen molar-refractivity contribution in [1.82, 2.24) is 9.97 Å². The molecular weight excluding hydrogens is 520 g/mol. The van der Waals surface area contributed by atoms with Gasteiger partial charge in [-0.15, -0.1) is 0 Å². The molecule has 8 aromatic rings. The van der Waals surface area contributed by atoms with Crippen LogP contribution in [-0.2, 0) is 0 Å². The number of hydrogen-bond donors (Lipinski definition) is 0. The van der Waals surface area contributed by atoms with Gasteiger partial charge in [0.05, 0.1) is 0 Å². The van der Waals surface area contributed by atoms with E-state index in [0.717, 1.165) is 22.3 Å². The highest BCUT2D eigenvalue weighted by Crippen LogP contribution is 2.44. The summed E-state index contributed by atoms with van der Waals surface area (Å²) in [5.74, 6) is 0. The van der Waals surface area contributed by atoms with E-state index in [2.05, 4.69) is 138 Å². The van der Waals surface area contributed by atoms with Gasteiger partial charge in [0.15, 0.2) is 0 Å². The Kier molecular flexibility index (Phi) is 6.05. The van der Waals surface area contributed by atoms with Crippen LogP contribution in [0.4, 0.5) is 0 Å². The molecule has 0 aliphatic rings. The second kappa shape index (κ2) is 10.3. The Morgan fingerprint density at radius 3 is 1.53 bits per heavy atom. The van der Waals surface area contributed by atoms with Gasteiger partial charge in [0.25, 0.3) is 0 Å². The first kappa shape index (κ1) is 25.1. The van der Waals surface area contributed by atoms with Crippen LogP contribution in [0.5, 0.6) is 0 Å². The van der Waals surface area contributed by atoms with E-state index in [1.54, 1.807) is 6.20 Å². The van der Waals surface area contributed by atoms with E-state index in [0.29, 0.717) is 0 Å². The predicted molar refractivity (Wildman–Crippen MR) is 181 cm³/mol. The molecule has 0 aliphatic heterocycles. The summed E-state index contributed by atoms with van der Waals surface area (Å²) in [5.41, 5.74) is 10.7. The van der Waals surface area contributed by atoms with Gasteiger partial charge in [0, 0.05) is 41.5 Å². The molecule has 0 saturated heterocycles. The van der Waals surface area contributed by atoms with Crippen LogP contribution in [0.1, 0.15) is 5.56 Å². The second-order valence-corrected chi connectivity index (χ2v) is 11.2. The van der Waals surface area contributed by atoms with Crippen molar-refractivity contribution in [2.24, 2.45) is 0 Å². The molecule has 2 heterocycles. The minimum atomic E-state index is 1.06. The number of aryl methyl sites for hydroxylation is 1. The van der Waals surface area contributed by atoms with Crippen molar-refractivity contribution < 1.29 is 0 Å². The van der Waals surface area contributed by atoms with Crippen LogP contribution in [0.3, 0.4) is 0 Å². The predicted octanol–water partition coefficient (Wildman–Crippen LogP) is 10.9. The van der Waals surface area contributed by atoms with E-state index < -0.39 is 0 Å². The third-order valence-electron chi connectivity index (χ3n) is 8.47. The number of rotatable bonds is 4. The quantitative estimate of drug-likeness (QED) is 0.204. The molecule has 0 spiro atoms. The zero-order valence-electron chi connectivity index (χ0n) is 23.8. The molecule has 43 heavy (non-hydrogen) atoms. The summed E-state index contributed by atoms with van der Waals surface area (Å²) in [4.78, 5) is 8.85. The molecule has 2 nitrogen and oxygen atoms in total. The first-order valence-corrected chi connectivity index (χ1v) is 14.6. The number of hydrogen-bond acceptors (Lipinski definition) is 2. The van der Waals surface area contributed by atoms with Crippen LogP contribution in [0.25, 0.3) is 76.8 Å². The molecule has 2 aromatic heterocycles. The fraction of sp³-hybridized carbons (Fsp3) is 0.0244. The third-order valence-corrected chi connectivity index (χ3v) is 8.47. The van der Waals surface area contributed by atoms with E-state index in [9.17, 15) is 0 Å². The lowest BCUT2D eigenvalue weighted by Crippen LogP contribution is -1.91. The molecule has 0 N–H and O–H groups in total. The molecule has 0 amide bonds. The van der Waals surface area contributed by atoms with Crippen molar-refractivity contribution in [2.45, 2.75) is 6.92 Å². The minimum absolute atomic E-state index is 1.06. The van der Waals surface area contributed by atoms with E-state index in [4.69, 9.17) is 0 Å². The Hall–Kier alpha value is -5.60. The Bertz CT molecular complexity index is 2230. The Morgan fingerprint density at radius 2 is 0.907 bits per heavy atom. The highest BCUT2D eigenvalue weighted by Gasteiger charge is 2.16. The first-order valence-electron chi connectivity index (χ1n) is 14.6. The van der Waals surface area contributed by atoms with Crippen LogP contribution in [0, 0.1) is 6.92 Å². The molecule has 0 unspecified atom stereocenters. The van der Waals surface area contributed by atoms with Gasteiger partial charge in [-0.3, -0.25) is 9.97 Å². The molecule has 202 valence electrons. The fourth-order valence-electron chi connectivity index (χ4n) is 6.34. The van der Waals surface area contributed by atoms with Crippen molar-refractivity contribution >= 4 is 32.3 Å². The topological polar surface area (TPSA) is 25.8 Å². The molecule has 2 heteroatoms. The fourth-order valence-corrected chi connectivity index (χ4v) is 6.34. The smallest absolute Gasteiger partial charge is 0.0347 e. The molecular formula is C41H28N2. The summed E-state index contributed by atoms with van der Waals surface area (Å²) in [6, 6.07) is 46.4. The largest absolute Gasteiger partial charge is 0.264 e. The number of aromatic nitrogens is 2. The average Bonchev–Trinajstić information content (AvgIpc) is 3.07. The zero-order valence-corrected chi connectivity index (χ0v) is 23.8. The molecule has 0 atom stereocenters. The van der Waals surface area contributed by atoms with Crippen molar-refractivity contribution in [2.75, 3.05) is 0 Å². The van der Waals surface area contributed by atoms with Gasteiger partial charge in [-0.1, -0.05) is 109 Å². The van der Waals surface area contributed by atoms with Crippen LogP contribution in [0.15, 0.2) is 152 Å². The Balaban J connectivity index is 1.32. The molecule has 0 radical (unpaired) electrons. The maximum absolute atomic E-state index is 4.56. The van der Waals surface area contributed by atoms with Gasteiger partial charge in [-0.25, -0.2) is 0 Å². The summed E-state index contributed by atoms with van der Waals surface area (Å²) in [6.07, 6.45) is 7.52. The molecule has 8 rings (SSSR count). The standard InChI is InChI=1S/C41H28N2/c1-27-12-14-29(15-13-27)40-36-8-2-4-10-38(36)41(39-11-5-3-9-37(39)40)31-19-17-28-16-18-30(21-33(28)22-31)34-23-35(26-43-25-34)32-7-6-20-42-24-32/h2-26H,1H3. The van der Waals surface area contributed by atoms with Gasteiger partial charge in [0.2, 0.25) is 0 Å². The molecule has 0 fully saturated rings. The monoisotopic (exact) mass is 548 g/mol. The van der Waals surface area contributed by atoms with Crippen LogP contribution in [-0.4, -0.2) is 9.97 Å². The maximum atomic E-state index is 4.56. The lowest BCUT2D eigenvalue weighted by molar-refractivity contribution is 1.30. The van der Waals surface area contributed by atoms with Crippen LogP contribution < -0.4 is 0 Å². The lowest BCUT2D eigenvalue weighted by atomic mass is 9.85. The highest BCUT2D eigenvalue weighted by molar-refractivity contribution is 6.21. The SMILES string of the molecule is Cc1ccc(-c2c3ccccc3c(-c3ccc4ccc(-c5cncc(-c6cccnc6)c5)cc4c3)c3ccccc23)cc1. The third kappa shape index (κ3) is 4.45. The zero-order chi connectivity index (χ0) is 28.8. The lowest BCUT2D eigenvalue weighted by Gasteiger charge is -2.18. The summed E-state index contributed by atoms with van der Waals surface area (Å²) in [7, 11) is 0. The van der Waals surface area contributed by atoms with Crippen LogP contribution >= 0.6 is 0 Å². The summed E-state index contributed by atoms with van der Waals surface area (Å²) < 4.78 is 0. The van der Waals surface area contributed by atoms with E-state index >= 15 is 0 Å².